The van der Waals surface area contributed by atoms with Gasteiger partial charge in [0.1, 0.15) is 0 Å². The Morgan fingerprint density at radius 3 is 1.49 bits per heavy atom. The number of rotatable bonds is 19. The van der Waals surface area contributed by atoms with Gasteiger partial charge < -0.3 is 25.2 Å². The lowest BCUT2D eigenvalue weighted by atomic mass is 9.60. The van der Waals surface area contributed by atoms with Crippen molar-refractivity contribution in [1.29, 1.82) is 0 Å². The Morgan fingerprint density at radius 2 is 1.14 bits per heavy atom. The molecule has 0 aromatic rings. The van der Waals surface area contributed by atoms with Crippen LogP contribution in [0.3, 0.4) is 0 Å². The molecule has 0 spiro atoms. The van der Waals surface area contributed by atoms with Crippen LogP contribution in [0.1, 0.15) is 168 Å². The summed E-state index contributed by atoms with van der Waals surface area (Å²) in [6, 6.07) is 0. The van der Waals surface area contributed by atoms with Gasteiger partial charge >= 0.3 is 5.97 Å². The summed E-state index contributed by atoms with van der Waals surface area (Å²) in [5, 5.41) is 37.6. The molecule has 2 atom stereocenters. The molecule has 1 saturated heterocycles. The van der Waals surface area contributed by atoms with Gasteiger partial charge in [0.2, 0.25) is 0 Å². The first-order valence-corrected chi connectivity index (χ1v) is 18.6. The zero-order valence-electron chi connectivity index (χ0n) is 28.1. The number of unbranched alkanes of at least 4 members (excludes halogenated alkanes) is 10. The summed E-state index contributed by atoms with van der Waals surface area (Å²) in [6.45, 7) is 7.92. The third-order valence-electron chi connectivity index (χ3n) is 10.1. The number of carboxylic acids is 1. The number of epoxide rings is 1. The van der Waals surface area contributed by atoms with Crippen LogP contribution in [0, 0.1) is 17.3 Å². The molecule has 43 heavy (non-hydrogen) atoms. The maximum atomic E-state index is 10.3. The predicted molar refractivity (Wildman–Crippen MR) is 179 cm³/mol. The molecule has 3 fully saturated rings. The van der Waals surface area contributed by atoms with Crippen LogP contribution in [0.4, 0.5) is 0 Å². The summed E-state index contributed by atoms with van der Waals surface area (Å²) in [5.41, 5.74) is 0.389. The summed E-state index contributed by atoms with van der Waals surface area (Å²) < 4.78 is 4.73. The van der Waals surface area contributed by atoms with Gasteiger partial charge in [0.05, 0.1) is 36.9 Å². The number of halogens is 1. The van der Waals surface area contributed by atoms with Gasteiger partial charge in [-0.3, -0.25) is 4.79 Å². The molecule has 0 radical (unpaired) electrons. The Kier molecular flexibility index (Phi) is 23.4. The number of aliphatic carboxylic acids is 1. The van der Waals surface area contributed by atoms with Gasteiger partial charge in [-0.25, -0.2) is 0 Å². The molecule has 7 heteroatoms. The monoisotopic (exact) mass is 632 g/mol. The molecule has 6 nitrogen and oxygen atoms in total. The van der Waals surface area contributed by atoms with Gasteiger partial charge in [-0.1, -0.05) is 91.4 Å². The molecule has 0 aromatic heterocycles. The van der Waals surface area contributed by atoms with Crippen molar-refractivity contribution >= 4 is 17.6 Å². The number of carbonyl (C=O) groups is 1. The zero-order valence-corrected chi connectivity index (χ0v) is 28.9. The van der Waals surface area contributed by atoms with Crippen LogP contribution in [-0.4, -0.2) is 63.3 Å². The normalized spacial score (nSPS) is 26.0. The number of ether oxygens (including phenoxy) is 1. The summed E-state index contributed by atoms with van der Waals surface area (Å²) in [7, 11) is 0. The number of hydrogen-bond donors (Lipinski definition) is 4. The van der Waals surface area contributed by atoms with E-state index in [1.807, 2.05) is 0 Å². The minimum atomic E-state index is -0.678. The number of hydrogen-bond acceptors (Lipinski definition) is 5. The first kappa shape index (κ1) is 40.6. The molecule has 2 unspecified atom stereocenters. The van der Waals surface area contributed by atoms with E-state index in [-0.39, 0.29) is 18.3 Å². The van der Waals surface area contributed by atoms with E-state index in [0.717, 1.165) is 82.7 Å². The topological polar surface area (TPSA) is 111 Å². The van der Waals surface area contributed by atoms with Crippen molar-refractivity contribution in [3.63, 3.8) is 0 Å². The van der Waals surface area contributed by atoms with Gasteiger partial charge in [0.15, 0.2) is 0 Å². The minimum Gasteiger partial charge on any atom is -0.481 e. The largest absolute Gasteiger partial charge is 0.481 e. The summed E-state index contributed by atoms with van der Waals surface area (Å²) >= 11 is 5.27. The van der Waals surface area contributed by atoms with Crippen LogP contribution >= 0.6 is 11.6 Å². The average Bonchev–Trinajstić information content (AvgIpc) is 3.82. The van der Waals surface area contributed by atoms with Crippen LogP contribution in [0.25, 0.3) is 0 Å². The second kappa shape index (κ2) is 24.8. The highest BCUT2D eigenvalue weighted by atomic mass is 35.5. The van der Waals surface area contributed by atoms with Crippen molar-refractivity contribution < 1.29 is 30.0 Å². The zero-order chi connectivity index (χ0) is 31.9. The molecular weight excluding hydrogens is 564 g/mol. The van der Waals surface area contributed by atoms with Gasteiger partial charge in [0, 0.05) is 6.42 Å². The van der Waals surface area contributed by atoms with Crippen molar-refractivity contribution in [3.05, 3.63) is 0 Å². The molecule has 0 amide bonds. The predicted octanol–water partition coefficient (Wildman–Crippen LogP) is 9.04. The van der Waals surface area contributed by atoms with Crippen molar-refractivity contribution in [3.8, 4) is 0 Å². The Hall–Kier alpha value is -0.400. The van der Waals surface area contributed by atoms with Crippen LogP contribution in [0.15, 0.2) is 0 Å². The van der Waals surface area contributed by atoms with E-state index in [2.05, 4.69) is 20.8 Å². The lowest BCUT2D eigenvalue weighted by molar-refractivity contribution is -0.137. The molecule has 4 N–H and O–H groups in total. The molecule has 3 aliphatic rings. The lowest BCUT2D eigenvalue weighted by Gasteiger charge is -2.46. The van der Waals surface area contributed by atoms with E-state index in [0.29, 0.717) is 23.8 Å². The van der Waals surface area contributed by atoms with Crippen LogP contribution in [0.5, 0.6) is 0 Å². The Bertz CT molecular complexity index is 630. The van der Waals surface area contributed by atoms with Gasteiger partial charge in [-0.15, -0.1) is 11.6 Å². The van der Waals surface area contributed by atoms with E-state index >= 15 is 0 Å². The molecule has 3 rings (SSSR count). The number of alkyl halides is 1. The summed E-state index contributed by atoms with van der Waals surface area (Å²) in [4.78, 5) is 10.3. The van der Waals surface area contributed by atoms with Gasteiger partial charge in [-0.2, -0.15) is 0 Å². The lowest BCUT2D eigenvalue weighted by Crippen LogP contribution is -2.38. The minimum absolute atomic E-state index is 0.0461. The van der Waals surface area contributed by atoms with E-state index in [1.165, 1.54) is 77.0 Å². The third kappa shape index (κ3) is 21.1. The number of aliphatic hydroxyl groups is 3. The first-order chi connectivity index (χ1) is 20.6. The molecule has 0 bridgehead atoms. The Labute approximate surface area is 269 Å². The Morgan fingerprint density at radius 1 is 0.744 bits per heavy atom. The summed E-state index contributed by atoms with van der Waals surface area (Å²) in [6.07, 6.45) is 25.3. The number of aliphatic hydroxyl groups excluding tert-OH is 3. The quantitative estimate of drug-likeness (QED) is 0.0642. The maximum absolute atomic E-state index is 10.3. The average molecular weight is 633 g/mol. The molecule has 2 aliphatic carbocycles. The van der Waals surface area contributed by atoms with Gasteiger partial charge in [0.25, 0.3) is 0 Å². The van der Waals surface area contributed by atoms with Gasteiger partial charge in [-0.05, 0) is 87.9 Å². The SMILES string of the molecule is CC(C)(C1CCC(O)CC1)C1CCC(O)CC1.CCCCCCC(O)CCCCCCCCCCC(=O)O.ClCC1CO1. The van der Waals surface area contributed by atoms with Crippen molar-refractivity contribution in [2.45, 2.75) is 193 Å². The fraction of sp³-hybridized carbons (Fsp3) is 0.972. The van der Waals surface area contributed by atoms with E-state index in [9.17, 15) is 20.1 Å². The van der Waals surface area contributed by atoms with E-state index in [4.69, 9.17) is 21.4 Å². The summed E-state index contributed by atoms with van der Waals surface area (Å²) in [5.74, 6) is 1.53. The second-order valence-corrected chi connectivity index (χ2v) is 14.5. The van der Waals surface area contributed by atoms with Crippen molar-refractivity contribution in [1.82, 2.24) is 0 Å². The Balaban J connectivity index is 0.000000373. The molecular formula is C36H69ClO6. The third-order valence-corrected chi connectivity index (χ3v) is 10.5. The van der Waals surface area contributed by atoms with Crippen LogP contribution < -0.4 is 0 Å². The van der Waals surface area contributed by atoms with Crippen molar-refractivity contribution in [2.75, 3.05) is 12.5 Å². The van der Waals surface area contributed by atoms with E-state index < -0.39 is 5.97 Å². The molecule has 1 aliphatic heterocycles. The molecule has 2 saturated carbocycles. The van der Waals surface area contributed by atoms with E-state index in [1.54, 1.807) is 0 Å². The molecule has 0 aromatic carbocycles. The second-order valence-electron chi connectivity index (χ2n) is 14.2. The van der Waals surface area contributed by atoms with Crippen molar-refractivity contribution in [2.24, 2.45) is 17.3 Å². The number of carboxylic acid groups (broad SMARTS) is 1. The standard InChI is InChI=1S/C18H36O3.C15H28O2.C3H5ClO/c1-2-3-4-11-14-17(19)15-12-9-7-5-6-8-10-13-16-18(20)21;1-15(2,11-3-7-13(16)8-4-11)12-5-9-14(17)10-6-12;4-1-3-2-5-3/h17,19H,2-16H2,1H3,(H,20,21);11-14,16-17H,3-10H2,1-2H3;3H,1-2H2. The highest BCUT2D eigenvalue weighted by Gasteiger charge is 2.40. The fourth-order valence-electron chi connectivity index (χ4n) is 6.80. The maximum Gasteiger partial charge on any atom is 0.303 e. The fourth-order valence-corrected chi connectivity index (χ4v) is 6.98. The highest BCUT2D eigenvalue weighted by Crippen LogP contribution is 2.48. The molecule has 256 valence electrons. The highest BCUT2D eigenvalue weighted by molar-refractivity contribution is 6.18. The smallest absolute Gasteiger partial charge is 0.303 e. The van der Waals surface area contributed by atoms with Crippen LogP contribution in [0.2, 0.25) is 0 Å². The molecule has 1 heterocycles. The first-order valence-electron chi connectivity index (χ1n) is 18.0. The van der Waals surface area contributed by atoms with Crippen LogP contribution in [-0.2, 0) is 9.53 Å².